The van der Waals surface area contributed by atoms with E-state index < -0.39 is 21.4 Å². The zero-order valence-corrected chi connectivity index (χ0v) is 10.9. The van der Waals surface area contributed by atoms with E-state index in [9.17, 15) is 17.9 Å². The predicted molar refractivity (Wildman–Crippen MR) is 64.4 cm³/mol. The monoisotopic (exact) mass is 294 g/mol. The summed E-state index contributed by atoms with van der Waals surface area (Å²) in [5.41, 5.74) is -1.07. The number of hydrogen-bond acceptors (Lipinski definition) is 4. The number of hydrogen-bond donors (Lipinski definition) is 3. The zero-order chi connectivity index (χ0) is 13.4. The van der Waals surface area contributed by atoms with Crippen LogP contribution >= 0.6 is 11.6 Å². The summed E-state index contributed by atoms with van der Waals surface area (Å²) in [5, 5.41) is 12.4. The quantitative estimate of drug-likeness (QED) is 0.735. The number of β-amino-alcohol motifs (C(OH)–C–C–N with tert-alkyl or cyclic N) is 1. The minimum atomic E-state index is -3.85. The van der Waals surface area contributed by atoms with Crippen LogP contribution in [0.1, 0.15) is 0 Å². The lowest BCUT2D eigenvalue weighted by Gasteiger charge is -2.37. The van der Waals surface area contributed by atoms with Gasteiger partial charge in [-0.25, -0.2) is 17.5 Å². The molecule has 8 heteroatoms. The largest absolute Gasteiger partial charge is 0.386 e. The molecule has 1 aromatic rings. The Morgan fingerprint density at radius 3 is 2.67 bits per heavy atom. The van der Waals surface area contributed by atoms with Crippen LogP contribution in [0.3, 0.4) is 0 Å². The van der Waals surface area contributed by atoms with Crippen molar-refractivity contribution in [3.63, 3.8) is 0 Å². The molecule has 18 heavy (non-hydrogen) atoms. The highest BCUT2D eigenvalue weighted by Crippen LogP contribution is 2.22. The number of rotatable bonds is 4. The Balaban J connectivity index is 2.15. The summed E-state index contributed by atoms with van der Waals surface area (Å²) in [4.78, 5) is -0.207. The lowest BCUT2D eigenvalue weighted by Crippen LogP contribution is -2.64. The first kappa shape index (κ1) is 13.7. The summed E-state index contributed by atoms with van der Waals surface area (Å²) in [6.07, 6.45) is 0. The molecule has 1 heterocycles. The smallest absolute Gasteiger partial charge is 0.242 e. The van der Waals surface area contributed by atoms with Crippen LogP contribution in [0, 0.1) is 5.82 Å². The van der Waals surface area contributed by atoms with Crippen molar-refractivity contribution in [2.75, 3.05) is 19.6 Å². The average Bonchev–Trinajstić information content (AvgIpc) is 2.23. The molecule has 0 aromatic heterocycles. The van der Waals surface area contributed by atoms with E-state index in [2.05, 4.69) is 10.0 Å². The van der Waals surface area contributed by atoms with Gasteiger partial charge >= 0.3 is 0 Å². The van der Waals surface area contributed by atoms with Crippen molar-refractivity contribution in [2.24, 2.45) is 0 Å². The minimum Gasteiger partial charge on any atom is -0.386 e. The zero-order valence-electron chi connectivity index (χ0n) is 9.28. The normalized spacial score (nSPS) is 18.4. The van der Waals surface area contributed by atoms with E-state index in [0.29, 0.717) is 13.1 Å². The van der Waals surface area contributed by atoms with Crippen LogP contribution in [-0.4, -0.2) is 38.8 Å². The Hall–Kier alpha value is -0.730. The van der Waals surface area contributed by atoms with Crippen molar-refractivity contribution in [1.29, 1.82) is 0 Å². The van der Waals surface area contributed by atoms with Crippen LogP contribution in [0.25, 0.3) is 0 Å². The third kappa shape index (κ3) is 2.81. The molecule has 0 saturated carbocycles. The van der Waals surface area contributed by atoms with E-state index in [-0.39, 0.29) is 16.5 Å². The van der Waals surface area contributed by atoms with Crippen molar-refractivity contribution in [1.82, 2.24) is 10.0 Å². The number of sulfonamides is 1. The lowest BCUT2D eigenvalue weighted by molar-refractivity contribution is -0.00397. The first-order chi connectivity index (χ1) is 8.32. The molecule has 100 valence electrons. The first-order valence-corrected chi connectivity index (χ1v) is 7.06. The molecule has 1 fully saturated rings. The van der Waals surface area contributed by atoms with E-state index in [4.69, 9.17) is 11.6 Å². The maximum atomic E-state index is 12.8. The van der Waals surface area contributed by atoms with Gasteiger partial charge in [0.05, 0.1) is 5.02 Å². The molecular formula is C10H12ClFN2O3S. The van der Waals surface area contributed by atoms with Gasteiger partial charge in [-0.05, 0) is 18.2 Å². The maximum absolute atomic E-state index is 12.8. The Morgan fingerprint density at radius 2 is 2.17 bits per heavy atom. The summed E-state index contributed by atoms with van der Waals surface area (Å²) < 4.78 is 38.9. The Labute approximate surface area is 109 Å². The third-order valence-corrected chi connectivity index (χ3v) is 4.57. The Kier molecular flexibility index (Phi) is 3.61. The molecule has 2 rings (SSSR count). The van der Waals surface area contributed by atoms with Crippen LogP contribution in [0.2, 0.25) is 5.02 Å². The second kappa shape index (κ2) is 4.75. The second-order valence-electron chi connectivity index (χ2n) is 4.23. The third-order valence-electron chi connectivity index (χ3n) is 2.68. The Bertz CT molecular complexity index is 560. The van der Waals surface area contributed by atoms with Gasteiger partial charge in [-0.3, -0.25) is 0 Å². The van der Waals surface area contributed by atoms with E-state index >= 15 is 0 Å². The molecule has 0 bridgehead atoms. The van der Waals surface area contributed by atoms with Crippen molar-refractivity contribution < 1.29 is 17.9 Å². The van der Waals surface area contributed by atoms with E-state index in [1.807, 2.05) is 0 Å². The summed E-state index contributed by atoms with van der Waals surface area (Å²) in [7, 11) is -3.85. The van der Waals surface area contributed by atoms with Crippen molar-refractivity contribution in [3.8, 4) is 0 Å². The molecule has 0 unspecified atom stereocenters. The fraction of sp³-hybridized carbons (Fsp3) is 0.400. The maximum Gasteiger partial charge on any atom is 0.242 e. The van der Waals surface area contributed by atoms with Gasteiger partial charge in [0.1, 0.15) is 16.3 Å². The molecule has 1 aliphatic heterocycles. The standard InChI is InChI=1S/C10H12ClFN2O3S/c11-8-3-7(12)1-2-9(8)18(16,17)14-6-10(15)4-13-5-10/h1-3,13-15H,4-6H2. The highest BCUT2D eigenvalue weighted by molar-refractivity contribution is 7.89. The highest BCUT2D eigenvalue weighted by atomic mass is 35.5. The van der Waals surface area contributed by atoms with Crippen LogP contribution in [0.5, 0.6) is 0 Å². The molecule has 1 saturated heterocycles. The molecule has 0 amide bonds. The molecule has 0 atom stereocenters. The highest BCUT2D eigenvalue weighted by Gasteiger charge is 2.35. The van der Waals surface area contributed by atoms with E-state index in [1.165, 1.54) is 0 Å². The van der Waals surface area contributed by atoms with Crippen molar-refractivity contribution in [2.45, 2.75) is 10.5 Å². The van der Waals surface area contributed by atoms with Gasteiger partial charge in [-0.15, -0.1) is 0 Å². The van der Waals surface area contributed by atoms with E-state index in [0.717, 1.165) is 18.2 Å². The van der Waals surface area contributed by atoms with Crippen molar-refractivity contribution in [3.05, 3.63) is 29.0 Å². The minimum absolute atomic E-state index is 0.115. The summed E-state index contributed by atoms with van der Waals surface area (Å²) in [5.74, 6) is -0.610. The van der Waals surface area contributed by atoms with E-state index in [1.54, 1.807) is 0 Å². The molecular weight excluding hydrogens is 283 g/mol. The van der Waals surface area contributed by atoms with Gasteiger partial charge in [-0.2, -0.15) is 0 Å². The molecule has 5 nitrogen and oxygen atoms in total. The van der Waals surface area contributed by atoms with Crippen LogP contribution in [0.4, 0.5) is 4.39 Å². The molecule has 1 aromatic carbocycles. The lowest BCUT2D eigenvalue weighted by atomic mass is 9.98. The van der Waals surface area contributed by atoms with Crippen LogP contribution < -0.4 is 10.0 Å². The summed E-state index contributed by atoms with van der Waals surface area (Å²) in [6.45, 7) is 0.537. The number of halogens is 2. The molecule has 0 spiro atoms. The van der Waals surface area contributed by atoms with Gasteiger partial charge in [-0.1, -0.05) is 11.6 Å². The Morgan fingerprint density at radius 1 is 1.50 bits per heavy atom. The molecule has 3 N–H and O–H groups in total. The van der Waals surface area contributed by atoms with Crippen LogP contribution in [0.15, 0.2) is 23.1 Å². The number of benzene rings is 1. The average molecular weight is 295 g/mol. The number of nitrogens with one attached hydrogen (secondary N) is 2. The molecule has 0 aliphatic carbocycles. The van der Waals surface area contributed by atoms with Gasteiger partial charge in [0.15, 0.2) is 0 Å². The first-order valence-electron chi connectivity index (χ1n) is 5.20. The fourth-order valence-corrected chi connectivity index (χ4v) is 3.19. The van der Waals surface area contributed by atoms with Gasteiger partial charge < -0.3 is 10.4 Å². The van der Waals surface area contributed by atoms with Gasteiger partial charge in [0.2, 0.25) is 10.0 Å². The second-order valence-corrected chi connectivity index (χ2v) is 6.37. The summed E-state index contributed by atoms with van der Waals surface area (Å²) >= 11 is 5.68. The van der Waals surface area contributed by atoms with Crippen molar-refractivity contribution >= 4 is 21.6 Å². The SMILES string of the molecule is O=S(=O)(NCC1(O)CNC1)c1ccc(F)cc1Cl. The summed E-state index contributed by atoms with van der Waals surface area (Å²) in [6, 6.07) is 3.03. The topological polar surface area (TPSA) is 78.4 Å². The van der Waals surface area contributed by atoms with Gasteiger partial charge in [0.25, 0.3) is 0 Å². The fourth-order valence-electron chi connectivity index (χ4n) is 1.54. The molecule has 1 aliphatic rings. The van der Waals surface area contributed by atoms with Crippen LogP contribution in [-0.2, 0) is 10.0 Å². The number of aliphatic hydroxyl groups is 1. The van der Waals surface area contributed by atoms with Gasteiger partial charge in [0, 0.05) is 19.6 Å². The molecule has 0 radical (unpaired) electrons. The predicted octanol–water partition coefficient (Wildman–Crippen LogP) is 0.0917.